The Morgan fingerprint density at radius 1 is 1.04 bits per heavy atom. The van der Waals surface area contributed by atoms with Gasteiger partial charge in [-0.05, 0) is 0 Å². The molecule has 28 heavy (non-hydrogen) atoms. The Morgan fingerprint density at radius 2 is 1.64 bits per heavy atom. The number of hydrogen-bond donors (Lipinski definition) is 0. The van der Waals surface area contributed by atoms with Gasteiger partial charge in [-0.25, -0.2) is 0 Å². The molecule has 4 nitrogen and oxygen atoms in total. The quantitative estimate of drug-likeness (QED) is 0.526. The van der Waals surface area contributed by atoms with Gasteiger partial charge in [0.2, 0.25) is 0 Å². The number of urea groups is 1. The topological polar surface area (TPSA) is 40.6 Å². The minimum absolute atomic E-state index is 0.0492. The molecule has 0 aliphatic carbocycles. The molecule has 2 saturated heterocycles. The fourth-order valence-corrected chi connectivity index (χ4v) is 7.14. The molecule has 0 unspecified atom stereocenters. The molecule has 2 aromatic rings. The van der Waals surface area contributed by atoms with E-state index in [0.717, 1.165) is 18.4 Å². The van der Waals surface area contributed by atoms with Crippen molar-refractivity contribution in [3.63, 3.8) is 0 Å². The van der Waals surface area contributed by atoms with Crippen LogP contribution in [0.25, 0.3) is 0 Å². The van der Waals surface area contributed by atoms with Gasteiger partial charge in [-0.3, -0.25) is 0 Å². The van der Waals surface area contributed by atoms with Gasteiger partial charge in [-0.15, -0.1) is 0 Å². The number of amides is 3. The SMILES string of the molecule is CC(C)([Se]c1ccccc1)[C@@H]1CC[C@@]2(C)C(=O)N(Cc3ccccc3)C(=O)N12. The Balaban J connectivity index is 1.60. The zero-order chi connectivity index (χ0) is 19.9. The van der Waals surface area contributed by atoms with E-state index in [9.17, 15) is 9.59 Å². The summed E-state index contributed by atoms with van der Waals surface area (Å²) >= 11 is 0.209. The second-order valence-corrected chi connectivity index (χ2v) is 12.0. The van der Waals surface area contributed by atoms with Gasteiger partial charge >= 0.3 is 173 Å². The average molecular weight is 441 g/mol. The van der Waals surface area contributed by atoms with Crippen molar-refractivity contribution in [3.05, 3.63) is 66.2 Å². The van der Waals surface area contributed by atoms with Gasteiger partial charge in [0, 0.05) is 0 Å². The van der Waals surface area contributed by atoms with Crippen LogP contribution in [0.1, 0.15) is 39.2 Å². The first-order chi connectivity index (χ1) is 13.3. The molecule has 2 atom stereocenters. The van der Waals surface area contributed by atoms with Crippen LogP contribution >= 0.6 is 0 Å². The molecule has 0 spiro atoms. The number of hydrogen-bond acceptors (Lipinski definition) is 2. The summed E-state index contributed by atoms with van der Waals surface area (Å²) in [7, 11) is 0. The molecule has 3 amide bonds. The van der Waals surface area contributed by atoms with E-state index in [2.05, 4.69) is 38.1 Å². The van der Waals surface area contributed by atoms with E-state index in [-0.39, 0.29) is 37.3 Å². The summed E-state index contributed by atoms with van der Waals surface area (Å²) in [5, 5.41) is 0. The molecule has 2 aromatic carbocycles. The van der Waals surface area contributed by atoms with Crippen LogP contribution in [0.3, 0.4) is 0 Å². The van der Waals surface area contributed by atoms with Crippen molar-refractivity contribution in [1.82, 2.24) is 9.80 Å². The van der Waals surface area contributed by atoms with Crippen LogP contribution in [0, 0.1) is 0 Å². The van der Waals surface area contributed by atoms with Crippen LogP contribution in [0.5, 0.6) is 0 Å². The van der Waals surface area contributed by atoms with Crippen LogP contribution in [-0.2, 0) is 11.3 Å². The number of rotatable bonds is 5. The Hall–Kier alpha value is -2.10. The number of carbonyl (C=O) groups is 2. The second kappa shape index (κ2) is 7.05. The number of carbonyl (C=O) groups excluding carboxylic acids is 2. The number of imide groups is 1. The average Bonchev–Trinajstić information content (AvgIpc) is 3.13. The Bertz CT molecular complexity index is 884. The van der Waals surface area contributed by atoms with E-state index in [1.165, 1.54) is 9.36 Å². The maximum atomic E-state index is 13.4. The van der Waals surface area contributed by atoms with Gasteiger partial charge < -0.3 is 0 Å². The predicted octanol–water partition coefficient (Wildman–Crippen LogP) is 3.60. The second-order valence-electron chi connectivity index (χ2n) is 8.38. The molecule has 5 heteroatoms. The molecule has 2 fully saturated rings. The van der Waals surface area contributed by atoms with E-state index in [0.29, 0.717) is 6.54 Å². The molecule has 4 rings (SSSR count). The van der Waals surface area contributed by atoms with E-state index in [4.69, 9.17) is 0 Å². The van der Waals surface area contributed by atoms with Gasteiger partial charge in [0.25, 0.3) is 0 Å². The van der Waals surface area contributed by atoms with Gasteiger partial charge in [0.05, 0.1) is 0 Å². The fraction of sp³-hybridized carbons (Fsp3) is 0.391. The molecule has 146 valence electrons. The predicted molar refractivity (Wildman–Crippen MR) is 112 cm³/mol. The van der Waals surface area contributed by atoms with Crippen LogP contribution < -0.4 is 4.46 Å². The van der Waals surface area contributed by atoms with Crippen molar-refractivity contribution < 1.29 is 9.59 Å². The molecule has 0 N–H and O–H groups in total. The van der Waals surface area contributed by atoms with Gasteiger partial charge in [-0.2, -0.15) is 0 Å². The monoisotopic (exact) mass is 442 g/mol. The van der Waals surface area contributed by atoms with Crippen molar-refractivity contribution in [2.75, 3.05) is 0 Å². The first-order valence-electron chi connectivity index (χ1n) is 9.76. The summed E-state index contributed by atoms with van der Waals surface area (Å²) in [4.78, 5) is 29.9. The summed E-state index contributed by atoms with van der Waals surface area (Å²) in [6.45, 7) is 6.79. The molecule has 0 aromatic heterocycles. The summed E-state index contributed by atoms with van der Waals surface area (Å²) in [6.07, 6.45) is 1.62. The Kier molecular flexibility index (Phi) is 4.84. The van der Waals surface area contributed by atoms with Crippen LogP contribution in [0.2, 0.25) is 4.31 Å². The summed E-state index contributed by atoms with van der Waals surface area (Å²) in [5.41, 5.74) is 0.277. The van der Waals surface area contributed by atoms with Crippen molar-refractivity contribution in [2.45, 2.75) is 56.1 Å². The minimum atomic E-state index is -0.708. The molecule has 0 radical (unpaired) electrons. The normalized spacial score (nSPS) is 24.8. The van der Waals surface area contributed by atoms with Gasteiger partial charge in [0.1, 0.15) is 0 Å². The third-order valence-corrected chi connectivity index (χ3v) is 8.74. The third-order valence-electron chi connectivity index (χ3n) is 6.00. The molecule has 0 bridgehead atoms. The zero-order valence-corrected chi connectivity index (χ0v) is 18.3. The molecule has 2 aliphatic rings. The van der Waals surface area contributed by atoms with Gasteiger partial charge in [-0.1, -0.05) is 0 Å². The van der Waals surface area contributed by atoms with Gasteiger partial charge in [0.15, 0.2) is 0 Å². The number of benzene rings is 2. The zero-order valence-electron chi connectivity index (χ0n) is 16.6. The summed E-state index contributed by atoms with van der Waals surface area (Å²) < 4.78 is 1.28. The molecule has 0 saturated carbocycles. The van der Waals surface area contributed by atoms with E-state index in [1.54, 1.807) is 0 Å². The van der Waals surface area contributed by atoms with E-state index < -0.39 is 5.54 Å². The first-order valence-corrected chi connectivity index (χ1v) is 11.5. The van der Waals surface area contributed by atoms with Crippen molar-refractivity contribution >= 4 is 31.4 Å². The van der Waals surface area contributed by atoms with Crippen molar-refractivity contribution in [2.24, 2.45) is 0 Å². The summed E-state index contributed by atoms with van der Waals surface area (Å²) in [5.74, 6) is -0.0492. The first kappa shape index (κ1) is 19.2. The third kappa shape index (κ3) is 3.17. The number of nitrogens with zero attached hydrogens (tertiary/aromatic N) is 2. The van der Waals surface area contributed by atoms with Crippen LogP contribution in [0.15, 0.2) is 60.7 Å². The summed E-state index contributed by atoms with van der Waals surface area (Å²) in [6, 6.07) is 20.2. The Labute approximate surface area is 173 Å². The van der Waals surface area contributed by atoms with Crippen LogP contribution in [-0.4, -0.2) is 48.3 Å². The molecule has 2 heterocycles. The van der Waals surface area contributed by atoms with E-state index >= 15 is 0 Å². The standard InChI is InChI=1S/C23H26N2O2Se/c1-22(2,28-18-12-8-5-9-13-18)19-14-15-23(3)20(26)24(21(27)25(19)23)16-17-10-6-4-7-11-17/h4-13,19H,14-16H2,1-3H3/t19-,23-/m0/s1. The van der Waals surface area contributed by atoms with Crippen LogP contribution in [0.4, 0.5) is 4.79 Å². The molecular weight excluding hydrogens is 415 g/mol. The van der Waals surface area contributed by atoms with Crippen molar-refractivity contribution in [1.29, 1.82) is 0 Å². The molecular formula is C23H26N2O2Se. The van der Waals surface area contributed by atoms with Crippen molar-refractivity contribution in [3.8, 4) is 0 Å². The number of fused-ring (bicyclic) bond motifs is 1. The maximum absolute atomic E-state index is 13.4. The fourth-order valence-electron chi connectivity index (χ4n) is 4.50. The molecule has 2 aliphatic heterocycles. The Morgan fingerprint density at radius 3 is 2.29 bits per heavy atom. The van der Waals surface area contributed by atoms with E-state index in [1.807, 2.05) is 48.2 Å².